The minimum Gasteiger partial charge on any atom is -0.497 e. The summed E-state index contributed by atoms with van der Waals surface area (Å²) in [5.41, 5.74) is 0.594. The summed E-state index contributed by atoms with van der Waals surface area (Å²) in [7, 11) is 3.11. The summed E-state index contributed by atoms with van der Waals surface area (Å²) in [6.45, 7) is 3.71. The third kappa shape index (κ3) is 5.78. The summed E-state index contributed by atoms with van der Waals surface area (Å²) in [4.78, 5) is 27.6. The molecule has 0 spiro atoms. The lowest BCUT2D eigenvalue weighted by atomic mass is 10.0. The molecule has 1 heterocycles. The van der Waals surface area contributed by atoms with Gasteiger partial charge in [0.25, 0.3) is 5.56 Å². The number of benzene rings is 3. The second-order valence-electron chi connectivity index (χ2n) is 9.23. The molecule has 204 valence electrons. The molecule has 0 saturated heterocycles. The molecule has 0 bridgehead atoms. The summed E-state index contributed by atoms with van der Waals surface area (Å²) >= 11 is 0. The van der Waals surface area contributed by atoms with Crippen LogP contribution in [0.3, 0.4) is 0 Å². The van der Waals surface area contributed by atoms with Crippen molar-refractivity contribution in [2.45, 2.75) is 33.0 Å². The zero-order chi connectivity index (χ0) is 28.1. The molecule has 7 nitrogen and oxygen atoms in total. The lowest BCUT2D eigenvalue weighted by Gasteiger charge is -2.22. The monoisotopic (exact) mass is 535 g/mol. The summed E-state index contributed by atoms with van der Waals surface area (Å²) in [5, 5.41) is 3.28. The van der Waals surface area contributed by atoms with Crippen molar-refractivity contribution >= 4 is 0 Å². The van der Waals surface area contributed by atoms with Crippen molar-refractivity contribution in [2.24, 2.45) is 0 Å². The van der Waals surface area contributed by atoms with Gasteiger partial charge in [-0.2, -0.15) is 0 Å². The number of hydrogen-bond acceptors (Lipinski definition) is 5. The van der Waals surface area contributed by atoms with Crippen molar-refractivity contribution in [3.05, 3.63) is 116 Å². The lowest BCUT2D eigenvalue weighted by Crippen LogP contribution is -2.45. The molecule has 0 aliphatic heterocycles. The van der Waals surface area contributed by atoms with E-state index in [2.05, 4.69) is 5.32 Å². The standard InChI is InChI=1S/C30H31F2N3O4/c1-19(16-33-17-22-9-5-6-14-27(22)39-4)35-29(36)28(21-10-7-11-23(15-21)38-3)20(2)34(30(35)37)18-24-25(31)12-8-13-26(24)32/h5-15,19,33H,16-18H2,1-4H3/t19-/m0/s1. The quantitative estimate of drug-likeness (QED) is 0.319. The minimum atomic E-state index is -0.770. The van der Waals surface area contributed by atoms with Crippen molar-refractivity contribution in [1.29, 1.82) is 0 Å². The molecular weight excluding hydrogens is 504 g/mol. The smallest absolute Gasteiger partial charge is 0.331 e. The predicted octanol–water partition coefficient (Wildman–Crippen LogP) is 4.68. The van der Waals surface area contributed by atoms with Crippen LogP contribution >= 0.6 is 0 Å². The molecule has 4 rings (SSSR count). The Bertz CT molecular complexity index is 1580. The molecule has 0 aliphatic carbocycles. The highest BCUT2D eigenvalue weighted by Gasteiger charge is 2.23. The van der Waals surface area contributed by atoms with Crippen LogP contribution in [0.5, 0.6) is 11.5 Å². The van der Waals surface area contributed by atoms with E-state index in [0.29, 0.717) is 23.6 Å². The largest absolute Gasteiger partial charge is 0.497 e. The highest BCUT2D eigenvalue weighted by molar-refractivity contribution is 5.66. The SMILES string of the molecule is COc1cccc(-c2c(C)n(Cc3c(F)cccc3F)c(=O)n([C@@H](C)CNCc3ccccc3OC)c2=O)c1. The number of methoxy groups -OCH3 is 2. The fourth-order valence-electron chi connectivity index (χ4n) is 4.65. The number of ether oxygens (including phenoxy) is 2. The van der Waals surface area contributed by atoms with E-state index < -0.39 is 28.9 Å². The van der Waals surface area contributed by atoms with Gasteiger partial charge in [0.2, 0.25) is 0 Å². The van der Waals surface area contributed by atoms with Crippen LogP contribution in [0.25, 0.3) is 11.1 Å². The number of para-hydroxylation sites is 1. The average molecular weight is 536 g/mol. The third-order valence-corrected chi connectivity index (χ3v) is 6.76. The van der Waals surface area contributed by atoms with Gasteiger partial charge in [0.05, 0.1) is 32.4 Å². The topological polar surface area (TPSA) is 74.5 Å². The summed E-state index contributed by atoms with van der Waals surface area (Å²) in [6, 6.07) is 17.4. The normalized spacial score (nSPS) is 11.8. The Morgan fingerprint density at radius 2 is 1.62 bits per heavy atom. The van der Waals surface area contributed by atoms with Gasteiger partial charge in [-0.15, -0.1) is 0 Å². The van der Waals surface area contributed by atoms with Gasteiger partial charge in [-0.25, -0.2) is 13.6 Å². The molecule has 0 saturated carbocycles. The van der Waals surface area contributed by atoms with E-state index in [4.69, 9.17) is 9.47 Å². The van der Waals surface area contributed by atoms with Crippen molar-refractivity contribution in [3.8, 4) is 22.6 Å². The first-order valence-corrected chi connectivity index (χ1v) is 12.5. The zero-order valence-corrected chi connectivity index (χ0v) is 22.3. The molecule has 1 N–H and O–H groups in total. The van der Waals surface area contributed by atoms with Crippen molar-refractivity contribution in [2.75, 3.05) is 20.8 Å². The Morgan fingerprint density at radius 3 is 2.31 bits per heavy atom. The number of nitrogens with one attached hydrogen (secondary N) is 1. The first kappa shape index (κ1) is 27.8. The maximum absolute atomic E-state index is 14.6. The van der Waals surface area contributed by atoms with Crippen LogP contribution in [0.4, 0.5) is 8.78 Å². The molecule has 0 radical (unpaired) electrons. The van der Waals surface area contributed by atoms with E-state index in [1.54, 1.807) is 45.2 Å². The van der Waals surface area contributed by atoms with Crippen LogP contribution < -0.4 is 26.0 Å². The Balaban J connectivity index is 1.79. The van der Waals surface area contributed by atoms with E-state index in [1.807, 2.05) is 24.3 Å². The van der Waals surface area contributed by atoms with Crippen molar-refractivity contribution in [1.82, 2.24) is 14.5 Å². The molecular formula is C30H31F2N3O4. The molecule has 1 aromatic heterocycles. The molecule has 4 aromatic rings. The third-order valence-electron chi connectivity index (χ3n) is 6.76. The van der Waals surface area contributed by atoms with Crippen LogP contribution in [0.15, 0.2) is 76.3 Å². The lowest BCUT2D eigenvalue weighted by molar-refractivity contribution is 0.403. The van der Waals surface area contributed by atoms with Gasteiger partial charge in [0, 0.05) is 29.9 Å². The first-order chi connectivity index (χ1) is 18.8. The van der Waals surface area contributed by atoms with E-state index in [-0.39, 0.29) is 24.2 Å². The molecule has 9 heteroatoms. The van der Waals surface area contributed by atoms with Crippen molar-refractivity contribution in [3.63, 3.8) is 0 Å². The molecule has 0 aliphatic rings. The fraction of sp³-hybridized carbons (Fsp3) is 0.267. The minimum absolute atomic E-state index is 0.252. The van der Waals surface area contributed by atoms with Gasteiger partial charge in [0.15, 0.2) is 0 Å². The summed E-state index contributed by atoms with van der Waals surface area (Å²) < 4.78 is 42.3. The maximum Gasteiger partial charge on any atom is 0.331 e. The van der Waals surface area contributed by atoms with Gasteiger partial charge in [0.1, 0.15) is 23.1 Å². The zero-order valence-electron chi connectivity index (χ0n) is 22.3. The summed E-state index contributed by atoms with van der Waals surface area (Å²) in [5.74, 6) is -0.288. The maximum atomic E-state index is 14.6. The van der Waals surface area contributed by atoms with Crippen LogP contribution in [-0.2, 0) is 13.1 Å². The molecule has 0 unspecified atom stereocenters. The highest BCUT2D eigenvalue weighted by Crippen LogP contribution is 2.25. The molecule has 39 heavy (non-hydrogen) atoms. The Hall–Kier alpha value is -4.24. The number of halogens is 2. The fourth-order valence-corrected chi connectivity index (χ4v) is 4.65. The Labute approximate surface area is 225 Å². The average Bonchev–Trinajstić information content (AvgIpc) is 2.93. The predicted molar refractivity (Wildman–Crippen MR) is 147 cm³/mol. The van der Waals surface area contributed by atoms with Crippen molar-refractivity contribution < 1.29 is 18.3 Å². The second kappa shape index (κ2) is 12.1. The van der Waals surface area contributed by atoms with Crippen LogP contribution in [-0.4, -0.2) is 29.9 Å². The molecule has 0 fully saturated rings. The molecule has 1 atom stereocenters. The van der Waals surface area contributed by atoms with E-state index in [9.17, 15) is 18.4 Å². The summed E-state index contributed by atoms with van der Waals surface area (Å²) in [6.07, 6.45) is 0. The van der Waals surface area contributed by atoms with Gasteiger partial charge < -0.3 is 14.8 Å². The highest BCUT2D eigenvalue weighted by atomic mass is 19.1. The van der Waals surface area contributed by atoms with Crippen LogP contribution in [0.2, 0.25) is 0 Å². The van der Waals surface area contributed by atoms with Gasteiger partial charge >= 0.3 is 5.69 Å². The second-order valence-corrected chi connectivity index (χ2v) is 9.23. The van der Waals surface area contributed by atoms with E-state index in [1.165, 1.54) is 17.7 Å². The Kier molecular flexibility index (Phi) is 8.61. The Morgan fingerprint density at radius 1 is 0.923 bits per heavy atom. The van der Waals surface area contributed by atoms with Gasteiger partial charge in [-0.3, -0.25) is 13.9 Å². The molecule has 0 amide bonds. The number of hydrogen-bond donors (Lipinski definition) is 1. The van der Waals surface area contributed by atoms with E-state index in [0.717, 1.165) is 28.0 Å². The van der Waals surface area contributed by atoms with Gasteiger partial charge in [-0.1, -0.05) is 36.4 Å². The van der Waals surface area contributed by atoms with Crippen LogP contribution in [0.1, 0.15) is 29.8 Å². The number of nitrogens with zero attached hydrogens (tertiary/aromatic N) is 2. The first-order valence-electron chi connectivity index (χ1n) is 12.5. The number of aromatic nitrogens is 2. The van der Waals surface area contributed by atoms with E-state index >= 15 is 0 Å². The van der Waals surface area contributed by atoms with Crippen LogP contribution in [0, 0.1) is 18.6 Å². The molecule has 3 aromatic carbocycles. The van der Waals surface area contributed by atoms with Gasteiger partial charge in [-0.05, 0) is 49.7 Å². The number of rotatable bonds is 10.